The Hall–Kier alpha value is -0.850. The fourth-order valence-corrected chi connectivity index (χ4v) is 4.37. The van der Waals surface area contributed by atoms with Crippen molar-refractivity contribution < 1.29 is 4.92 Å². The second-order valence-corrected chi connectivity index (χ2v) is 7.09. The van der Waals surface area contributed by atoms with E-state index in [1.807, 2.05) is 12.1 Å². The van der Waals surface area contributed by atoms with Crippen molar-refractivity contribution in [3.63, 3.8) is 0 Å². The van der Waals surface area contributed by atoms with Crippen molar-refractivity contribution in [2.75, 3.05) is 18.0 Å². The lowest BCUT2D eigenvalue weighted by atomic mass is 9.75. The Labute approximate surface area is 132 Å². The number of nitrogens with zero attached hydrogens (tertiary/aromatic N) is 2. The number of benzene rings is 1. The quantitative estimate of drug-likeness (QED) is 0.435. The number of nitro benzene ring substituents is 1. The fraction of sp³-hybridized carbons (Fsp3) is 0.600. The molecule has 1 aromatic carbocycles. The van der Waals surface area contributed by atoms with Crippen LogP contribution in [0.15, 0.2) is 18.2 Å². The normalized spacial score (nSPS) is 26.1. The SMILES string of the molecule is O=[N+]([O-])c1ccc(N2CCC3CCCCC3C2)cc1I. The second kappa shape index (κ2) is 5.87. The summed E-state index contributed by atoms with van der Waals surface area (Å²) in [5.74, 6) is 1.74. The zero-order chi connectivity index (χ0) is 14.1. The molecule has 20 heavy (non-hydrogen) atoms. The third-order valence-electron chi connectivity index (χ3n) is 4.78. The van der Waals surface area contributed by atoms with Gasteiger partial charge in [-0.3, -0.25) is 10.1 Å². The summed E-state index contributed by atoms with van der Waals surface area (Å²) < 4.78 is 0.732. The summed E-state index contributed by atoms with van der Waals surface area (Å²) in [6.45, 7) is 2.22. The van der Waals surface area contributed by atoms with E-state index in [4.69, 9.17) is 0 Å². The second-order valence-electron chi connectivity index (χ2n) is 5.93. The molecule has 1 aliphatic heterocycles. The van der Waals surface area contributed by atoms with Crippen molar-refractivity contribution in [3.05, 3.63) is 31.9 Å². The predicted molar refractivity (Wildman–Crippen MR) is 88.1 cm³/mol. The number of halogens is 1. The van der Waals surface area contributed by atoms with E-state index < -0.39 is 0 Å². The summed E-state index contributed by atoms with van der Waals surface area (Å²) in [7, 11) is 0. The molecule has 0 radical (unpaired) electrons. The molecule has 0 bridgehead atoms. The van der Waals surface area contributed by atoms with Gasteiger partial charge in [-0.05, 0) is 59.4 Å². The Bertz CT molecular complexity index is 521. The summed E-state index contributed by atoms with van der Waals surface area (Å²) >= 11 is 2.07. The van der Waals surface area contributed by atoms with Gasteiger partial charge in [0.1, 0.15) is 0 Å². The van der Waals surface area contributed by atoms with Crippen molar-refractivity contribution in [3.8, 4) is 0 Å². The Morgan fingerprint density at radius 2 is 1.95 bits per heavy atom. The number of rotatable bonds is 2. The maximum atomic E-state index is 10.9. The Balaban J connectivity index is 1.76. The lowest BCUT2D eigenvalue weighted by Crippen LogP contribution is -2.41. The Morgan fingerprint density at radius 1 is 1.20 bits per heavy atom. The molecule has 1 saturated heterocycles. The highest BCUT2D eigenvalue weighted by Crippen LogP contribution is 2.38. The molecule has 0 aromatic heterocycles. The number of nitro groups is 1. The molecule has 108 valence electrons. The molecular weight excluding hydrogens is 367 g/mol. The molecule has 0 spiro atoms. The summed E-state index contributed by atoms with van der Waals surface area (Å²) in [4.78, 5) is 13.0. The van der Waals surface area contributed by atoms with E-state index in [2.05, 4.69) is 27.5 Å². The highest BCUT2D eigenvalue weighted by Gasteiger charge is 2.31. The van der Waals surface area contributed by atoms with Crippen LogP contribution in [0.25, 0.3) is 0 Å². The number of anilines is 1. The lowest BCUT2D eigenvalue weighted by Gasteiger charge is -2.42. The van der Waals surface area contributed by atoms with Crippen molar-refractivity contribution in [2.24, 2.45) is 11.8 Å². The van der Waals surface area contributed by atoms with Crippen LogP contribution in [0.4, 0.5) is 11.4 Å². The largest absolute Gasteiger partial charge is 0.371 e. The minimum absolute atomic E-state index is 0.210. The standard InChI is InChI=1S/C15H19IN2O2/c16-14-9-13(5-6-15(14)18(19)20)17-8-7-11-3-1-2-4-12(11)10-17/h5-6,9,11-12H,1-4,7-8,10H2. The highest BCUT2D eigenvalue weighted by atomic mass is 127. The van der Waals surface area contributed by atoms with Crippen molar-refractivity contribution in [2.45, 2.75) is 32.1 Å². The summed E-state index contributed by atoms with van der Waals surface area (Å²) in [6, 6.07) is 5.51. The van der Waals surface area contributed by atoms with Crippen LogP contribution in [0.2, 0.25) is 0 Å². The molecule has 0 N–H and O–H groups in total. The Kier molecular flexibility index (Phi) is 4.14. The van der Waals surface area contributed by atoms with Gasteiger partial charge >= 0.3 is 0 Å². The van der Waals surface area contributed by atoms with Gasteiger partial charge in [-0.25, -0.2) is 0 Å². The lowest BCUT2D eigenvalue weighted by molar-refractivity contribution is -0.385. The topological polar surface area (TPSA) is 46.4 Å². The van der Waals surface area contributed by atoms with E-state index in [0.717, 1.165) is 34.2 Å². The molecule has 2 atom stereocenters. The fourth-order valence-electron chi connectivity index (χ4n) is 3.68. The predicted octanol–water partition coefficient (Wildman–Crippen LogP) is 4.22. The first-order chi connectivity index (χ1) is 9.65. The number of fused-ring (bicyclic) bond motifs is 1. The minimum Gasteiger partial charge on any atom is -0.371 e. The molecule has 4 nitrogen and oxygen atoms in total. The van der Waals surface area contributed by atoms with Gasteiger partial charge in [-0.1, -0.05) is 19.3 Å². The third-order valence-corrected chi connectivity index (χ3v) is 5.65. The zero-order valence-electron chi connectivity index (χ0n) is 11.4. The van der Waals surface area contributed by atoms with E-state index >= 15 is 0 Å². The van der Waals surface area contributed by atoms with Crippen LogP contribution >= 0.6 is 22.6 Å². The van der Waals surface area contributed by atoms with Gasteiger partial charge < -0.3 is 4.90 Å². The highest BCUT2D eigenvalue weighted by molar-refractivity contribution is 14.1. The Morgan fingerprint density at radius 3 is 2.65 bits per heavy atom. The van der Waals surface area contributed by atoms with Crippen LogP contribution in [0.1, 0.15) is 32.1 Å². The number of hydrogen-bond acceptors (Lipinski definition) is 3. The monoisotopic (exact) mass is 386 g/mol. The van der Waals surface area contributed by atoms with Crippen LogP contribution < -0.4 is 4.90 Å². The maximum absolute atomic E-state index is 10.9. The summed E-state index contributed by atoms with van der Waals surface area (Å²) in [5, 5.41) is 10.9. The average Bonchev–Trinajstić information content (AvgIpc) is 2.46. The van der Waals surface area contributed by atoms with Gasteiger partial charge in [-0.15, -0.1) is 0 Å². The van der Waals surface area contributed by atoms with Crippen LogP contribution in [0, 0.1) is 25.5 Å². The molecule has 2 aliphatic rings. The van der Waals surface area contributed by atoms with E-state index in [9.17, 15) is 10.1 Å². The van der Waals surface area contributed by atoms with E-state index in [0.29, 0.717) is 0 Å². The first-order valence-corrected chi connectivity index (χ1v) is 8.42. The van der Waals surface area contributed by atoms with E-state index in [1.54, 1.807) is 6.07 Å². The van der Waals surface area contributed by atoms with Crippen molar-refractivity contribution >= 4 is 34.0 Å². The van der Waals surface area contributed by atoms with Gasteiger partial charge in [0.15, 0.2) is 0 Å². The van der Waals surface area contributed by atoms with Crippen LogP contribution in [0.5, 0.6) is 0 Å². The molecule has 1 saturated carbocycles. The maximum Gasteiger partial charge on any atom is 0.282 e. The zero-order valence-corrected chi connectivity index (χ0v) is 13.6. The van der Waals surface area contributed by atoms with Gasteiger partial charge in [0, 0.05) is 24.8 Å². The first kappa shape index (κ1) is 14.1. The van der Waals surface area contributed by atoms with Crippen molar-refractivity contribution in [1.29, 1.82) is 0 Å². The molecule has 2 fully saturated rings. The van der Waals surface area contributed by atoms with E-state index in [1.165, 1.54) is 32.1 Å². The summed E-state index contributed by atoms with van der Waals surface area (Å²) in [5.41, 5.74) is 1.35. The number of piperidine rings is 1. The van der Waals surface area contributed by atoms with E-state index in [-0.39, 0.29) is 10.6 Å². The minimum atomic E-state index is -0.307. The van der Waals surface area contributed by atoms with Gasteiger partial charge in [0.25, 0.3) is 5.69 Å². The molecule has 1 aromatic rings. The third kappa shape index (κ3) is 2.77. The number of hydrogen-bond donors (Lipinski definition) is 0. The molecule has 0 amide bonds. The molecule has 2 unspecified atom stereocenters. The molecule has 3 rings (SSSR count). The average molecular weight is 386 g/mol. The van der Waals surface area contributed by atoms with Crippen molar-refractivity contribution in [1.82, 2.24) is 0 Å². The van der Waals surface area contributed by atoms with Gasteiger partial charge in [0.05, 0.1) is 8.49 Å². The molecule has 1 aliphatic carbocycles. The first-order valence-electron chi connectivity index (χ1n) is 7.34. The summed E-state index contributed by atoms with van der Waals surface area (Å²) in [6.07, 6.45) is 6.79. The van der Waals surface area contributed by atoms with Crippen LogP contribution in [0.3, 0.4) is 0 Å². The van der Waals surface area contributed by atoms with Crippen LogP contribution in [-0.2, 0) is 0 Å². The van der Waals surface area contributed by atoms with Gasteiger partial charge in [-0.2, -0.15) is 0 Å². The molecule has 1 heterocycles. The molecular formula is C15H19IN2O2. The molecule has 5 heteroatoms. The van der Waals surface area contributed by atoms with Crippen LogP contribution in [-0.4, -0.2) is 18.0 Å². The van der Waals surface area contributed by atoms with Gasteiger partial charge in [0.2, 0.25) is 0 Å². The smallest absolute Gasteiger partial charge is 0.282 e.